The average molecular weight is 360 g/mol. The zero-order valence-corrected chi connectivity index (χ0v) is 15.9. The Morgan fingerprint density at radius 3 is 2.67 bits per heavy atom. The maximum absolute atomic E-state index is 5.90. The number of rotatable bonds is 5. The third-order valence-corrected chi connectivity index (χ3v) is 4.50. The van der Waals surface area contributed by atoms with Crippen LogP contribution in [0.25, 0.3) is 0 Å². The predicted octanol–water partition coefficient (Wildman–Crippen LogP) is 5.01. The van der Waals surface area contributed by atoms with E-state index in [0.717, 1.165) is 35.9 Å². The molecule has 0 bridgehead atoms. The van der Waals surface area contributed by atoms with Gasteiger partial charge in [0.05, 0.1) is 11.8 Å². The number of ether oxygens (including phenoxy) is 1. The van der Waals surface area contributed by atoms with Crippen LogP contribution in [0.15, 0.2) is 54.6 Å². The highest BCUT2D eigenvalue weighted by atomic mass is 16.5. The molecule has 5 heteroatoms. The summed E-state index contributed by atoms with van der Waals surface area (Å²) in [4.78, 5) is 11.6. The molecule has 5 nitrogen and oxygen atoms in total. The summed E-state index contributed by atoms with van der Waals surface area (Å²) < 4.78 is 5.90. The number of aromatic nitrogens is 2. The number of aryl methyl sites for hydroxylation is 1. The van der Waals surface area contributed by atoms with Crippen molar-refractivity contribution in [2.75, 3.05) is 16.8 Å². The SMILES string of the molecule is Cc1cc(N2CCc3ccccc32)nc(Nc2ccccc2OC(C)C)n1. The van der Waals surface area contributed by atoms with Gasteiger partial charge in [0.15, 0.2) is 0 Å². The van der Waals surface area contributed by atoms with Crippen LogP contribution in [0.5, 0.6) is 5.75 Å². The van der Waals surface area contributed by atoms with Crippen LogP contribution in [-0.2, 0) is 6.42 Å². The first kappa shape index (κ1) is 17.3. The third kappa shape index (κ3) is 3.72. The van der Waals surface area contributed by atoms with Crippen LogP contribution in [0, 0.1) is 6.92 Å². The molecule has 0 aliphatic carbocycles. The number of fused-ring (bicyclic) bond motifs is 1. The van der Waals surface area contributed by atoms with Gasteiger partial charge in [0.25, 0.3) is 0 Å². The molecular formula is C22H24N4O. The molecule has 0 atom stereocenters. The van der Waals surface area contributed by atoms with Gasteiger partial charge in [0.1, 0.15) is 11.6 Å². The number of hydrogen-bond acceptors (Lipinski definition) is 5. The number of anilines is 4. The van der Waals surface area contributed by atoms with E-state index in [9.17, 15) is 0 Å². The molecule has 0 amide bonds. The van der Waals surface area contributed by atoms with E-state index >= 15 is 0 Å². The number of benzene rings is 2. The zero-order valence-electron chi connectivity index (χ0n) is 15.9. The Bertz CT molecular complexity index is 955. The van der Waals surface area contributed by atoms with E-state index in [-0.39, 0.29) is 6.10 Å². The van der Waals surface area contributed by atoms with E-state index in [1.807, 2.05) is 51.1 Å². The zero-order chi connectivity index (χ0) is 18.8. The van der Waals surface area contributed by atoms with Crippen molar-refractivity contribution < 1.29 is 4.74 Å². The fourth-order valence-electron chi connectivity index (χ4n) is 3.37. The molecular weight excluding hydrogens is 336 g/mol. The lowest BCUT2D eigenvalue weighted by molar-refractivity contribution is 0.244. The lowest BCUT2D eigenvalue weighted by Crippen LogP contribution is -2.16. The molecule has 0 unspecified atom stereocenters. The van der Waals surface area contributed by atoms with Crippen molar-refractivity contribution in [3.63, 3.8) is 0 Å². The summed E-state index contributed by atoms with van der Waals surface area (Å²) in [7, 11) is 0. The molecule has 1 aliphatic rings. The second kappa shape index (κ2) is 7.27. The summed E-state index contributed by atoms with van der Waals surface area (Å²) in [6.07, 6.45) is 1.13. The van der Waals surface area contributed by atoms with E-state index in [1.54, 1.807) is 0 Å². The summed E-state index contributed by atoms with van der Waals surface area (Å²) in [6.45, 7) is 6.96. The Hall–Kier alpha value is -3.08. The van der Waals surface area contributed by atoms with Crippen molar-refractivity contribution in [2.24, 2.45) is 0 Å². The van der Waals surface area contributed by atoms with Gasteiger partial charge in [0, 0.05) is 24.0 Å². The van der Waals surface area contributed by atoms with Crippen LogP contribution in [0.4, 0.5) is 23.1 Å². The number of para-hydroxylation sites is 3. The van der Waals surface area contributed by atoms with E-state index in [2.05, 4.69) is 39.5 Å². The molecule has 138 valence electrons. The minimum atomic E-state index is 0.100. The predicted molar refractivity (Wildman–Crippen MR) is 109 cm³/mol. The van der Waals surface area contributed by atoms with Crippen LogP contribution >= 0.6 is 0 Å². The first-order chi connectivity index (χ1) is 13.1. The highest BCUT2D eigenvalue weighted by Crippen LogP contribution is 2.34. The Labute approximate surface area is 160 Å². The minimum absolute atomic E-state index is 0.100. The fraction of sp³-hybridized carbons (Fsp3) is 0.273. The quantitative estimate of drug-likeness (QED) is 0.693. The van der Waals surface area contributed by atoms with Crippen molar-refractivity contribution in [1.29, 1.82) is 0 Å². The van der Waals surface area contributed by atoms with E-state index in [1.165, 1.54) is 11.3 Å². The molecule has 3 aromatic rings. The maximum Gasteiger partial charge on any atom is 0.229 e. The van der Waals surface area contributed by atoms with Gasteiger partial charge in [-0.2, -0.15) is 4.98 Å². The van der Waals surface area contributed by atoms with Gasteiger partial charge >= 0.3 is 0 Å². The van der Waals surface area contributed by atoms with Crippen molar-refractivity contribution in [3.8, 4) is 5.75 Å². The average Bonchev–Trinajstić information content (AvgIpc) is 3.07. The Balaban J connectivity index is 1.65. The smallest absolute Gasteiger partial charge is 0.229 e. The fourth-order valence-corrected chi connectivity index (χ4v) is 3.37. The maximum atomic E-state index is 5.90. The van der Waals surface area contributed by atoms with Gasteiger partial charge in [-0.05, 0) is 51.0 Å². The van der Waals surface area contributed by atoms with E-state index in [4.69, 9.17) is 9.72 Å². The molecule has 2 aromatic carbocycles. The third-order valence-electron chi connectivity index (χ3n) is 4.50. The standard InChI is InChI=1S/C22H24N4O/c1-15(2)27-20-11-7-5-9-18(20)24-22-23-16(3)14-21(25-22)26-13-12-17-8-4-6-10-19(17)26/h4-11,14-15H,12-13H2,1-3H3,(H,23,24,25). The number of nitrogens with zero attached hydrogens (tertiary/aromatic N) is 3. The first-order valence-corrected chi connectivity index (χ1v) is 9.34. The van der Waals surface area contributed by atoms with E-state index < -0.39 is 0 Å². The topological polar surface area (TPSA) is 50.3 Å². The molecule has 0 saturated heterocycles. The van der Waals surface area contributed by atoms with Crippen LogP contribution in [0.3, 0.4) is 0 Å². The second-order valence-electron chi connectivity index (χ2n) is 7.01. The first-order valence-electron chi connectivity index (χ1n) is 9.34. The molecule has 27 heavy (non-hydrogen) atoms. The second-order valence-corrected chi connectivity index (χ2v) is 7.01. The lowest BCUT2D eigenvalue weighted by Gasteiger charge is -2.20. The van der Waals surface area contributed by atoms with Crippen LogP contribution in [-0.4, -0.2) is 22.6 Å². The molecule has 1 aliphatic heterocycles. The monoisotopic (exact) mass is 360 g/mol. The Morgan fingerprint density at radius 2 is 1.81 bits per heavy atom. The minimum Gasteiger partial charge on any atom is -0.489 e. The highest BCUT2D eigenvalue weighted by Gasteiger charge is 2.21. The molecule has 1 N–H and O–H groups in total. The largest absolute Gasteiger partial charge is 0.489 e. The van der Waals surface area contributed by atoms with Crippen LogP contribution in [0.2, 0.25) is 0 Å². The van der Waals surface area contributed by atoms with Gasteiger partial charge in [-0.3, -0.25) is 0 Å². The molecule has 0 fully saturated rings. The van der Waals surface area contributed by atoms with Gasteiger partial charge < -0.3 is 15.0 Å². The van der Waals surface area contributed by atoms with Crippen molar-refractivity contribution in [3.05, 3.63) is 65.9 Å². The van der Waals surface area contributed by atoms with Crippen molar-refractivity contribution in [2.45, 2.75) is 33.3 Å². The van der Waals surface area contributed by atoms with Crippen molar-refractivity contribution in [1.82, 2.24) is 9.97 Å². The highest BCUT2D eigenvalue weighted by molar-refractivity contribution is 5.69. The van der Waals surface area contributed by atoms with Gasteiger partial charge in [0.2, 0.25) is 5.95 Å². The van der Waals surface area contributed by atoms with Gasteiger partial charge in [-0.1, -0.05) is 30.3 Å². The molecule has 0 spiro atoms. The molecule has 0 saturated carbocycles. The summed E-state index contributed by atoms with van der Waals surface area (Å²) >= 11 is 0. The number of nitrogens with one attached hydrogen (secondary N) is 1. The summed E-state index contributed by atoms with van der Waals surface area (Å²) in [5.74, 6) is 2.29. The normalized spacial score (nSPS) is 13.0. The summed E-state index contributed by atoms with van der Waals surface area (Å²) in [6, 6.07) is 18.4. The molecule has 1 aromatic heterocycles. The van der Waals surface area contributed by atoms with Crippen LogP contribution < -0.4 is 15.0 Å². The summed E-state index contributed by atoms with van der Waals surface area (Å²) in [5, 5.41) is 3.33. The molecule has 0 radical (unpaired) electrons. The van der Waals surface area contributed by atoms with Crippen LogP contribution in [0.1, 0.15) is 25.1 Å². The Morgan fingerprint density at radius 1 is 1.04 bits per heavy atom. The van der Waals surface area contributed by atoms with E-state index in [0.29, 0.717) is 5.95 Å². The van der Waals surface area contributed by atoms with Gasteiger partial charge in [-0.15, -0.1) is 0 Å². The molecule has 4 rings (SSSR count). The summed E-state index contributed by atoms with van der Waals surface area (Å²) in [5.41, 5.74) is 4.38. The molecule has 2 heterocycles. The number of hydrogen-bond donors (Lipinski definition) is 1. The van der Waals surface area contributed by atoms with Crippen molar-refractivity contribution >= 4 is 23.1 Å². The van der Waals surface area contributed by atoms with Gasteiger partial charge in [-0.25, -0.2) is 4.98 Å². The Kier molecular flexibility index (Phi) is 4.67. The lowest BCUT2D eigenvalue weighted by atomic mass is 10.2.